The molecule has 0 aliphatic rings. The van der Waals surface area contributed by atoms with E-state index in [1.54, 1.807) is 12.3 Å². The molecular formula is C32H28N2O3. The van der Waals surface area contributed by atoms with Crippen molar-refractivity contribution in [3.05, 3.63) is 126 Å². The Morgan fingerprint density at radius 3 is 2.35 bits per heavy atom. The van der Waals surface area contributed by atoms with Crippen molar-refractivity contribution in [3.63, 3.8) is 0 Å². The lowest BCUT2D eigenvalue weighted by molar-refractivity contribution is 0.0948. The number of phenolic OH excluding ortho intramolecular Hbond substituents is 1. The lowest BCUT2D eigenvalue weighted by atomic mass is 9.99. The van der Waals surface area contributed by atoms with E-state index in [4.69, 9.17) is 4.74 Å². The Morgan fingerprint density at radius 2 is 1.57 bits per heavy atom. The standard InChI is InChI=1S/C32H28N2O3/c35-29-21-27(19-26-14-8-17-33-31(26)29)25-15-16-30(37-22-24-11-5-2-6-12-24)28(20-25)32(36)34-18-7-13-23-9-3-1-4-10-23/h1-6,8-12,14-17,19-21,35H,7,13,18,22H2,(H,34,36). The highest BCUT2D eigenvalue weighted by Gasteiger charge is 2.16. The van der Waals surface area contributed by atoms with Crippen LogP contribution in [0.3, 0.4) is 0 Å². The molecule has 184 valence electrons. The van der Waals surface area contributed by atoms with Gasteiger partial charge in [-0.05, 0) is 65.4 Å². The molecule has 2 N–H and O–H groups in total. The zero-order chi connectivity index (χ0) is 25.5. The zero-order valence-electron chi connectivity index (χ0n) is 20.4. The van der Waals surface area contributed by atoms with Crippen LogP contribution in [0.1, 0.15) is 27.9 Å². The van der Waals surface area contributed by atoms with Gasteiger partial charge in [0, 0.05) is 18.1 Å². The number of carbonyl (C=O) groups is 1. The summed E-state index contributed by atoms with van der Waals surface area (Å²) in [5.41, 5.74) is 4.88. The molecule has 0 spiro atoms. The fourth-order valence-corrected chi connectivity index (χ4v) is 4.32. The number of benzene rings is 4. The molecule has 0 atom stereocenters. The number of aryl methyl sites for hydroxylation is 1. The normalized spacial score (nSPS) is 10.8. The third kappa shape index (κ3) is 5.96. The number of aromatic nitrogens is 1. The zero-order valence-corrected chi connectivity index (χ0v) is 20.4. The molecular weight excluding hydrogens is 460 g/mol. The third-order valence-corrected chi connectivity index (χ3v) is 6.25. The molecule has 5 aromatic rings. The molecule has 5 heteroatoms. The number of pyridine rings is 1. The second-order valence-electron chi connectivity index (χ2n) is 8.90. The number of nitrogens with one attached hydrogen (secondary N) is 1. The molecule has 0 unspecified atom stereocenters. The van der Waals surface area contributed by atoms with Gasteiger partial charge in [-0.1, -0.05) is 72.8 Å². The van der Waals surface area contributed by atoms with Gasteiger partial charge in [-0.25, -0.2) is 0 Å². The minimum atomic E-state index is -0.190. The number of aromatic hydroxyl groups is 1. The first-order valence-electron chi connectivity index (χ1n) is 12.4. The number of carbonyl (C=O) groups excluding carboxylic acids is 1. The van der Waals surface area contributed by atoms with Crippen LogP contribution in [-0.2, 0) is 13.0 Å². The highest BCUT2D eigenvalue weighted by molar-refractivity contribution is 5.99. The smallest absolute Gasteiger partial charge is 0.255 e. The topological polar surface area (TPSA) is 71.5 Å². The molecule has 0 aliphatic heterocycles. The third-order valence-electron chi connectivity index (χ3n) is 6.25. The Hall–Kier alpha value is -4.64. The number of amides is 1. The van der Waals surface area contributed by atoms with E-state index in [1.807, 2.05) is 84.9 Å². The quantitative estimate of drug-likeness (QED) is 0.231. The molecule has 1 heterocycles. The van der Waals surface area contributed by atoms with Crippen LogP contribution in [0.25, 0.3) is 22.0 Å². The fourth-order valence-electron chi connectivity index (χ4n) is 4.32. The van der Waals surface area contributed by atoms with E-state index < -0.39 is 0 Å². The van der Waals surface area contributed by atoms with E-state index >= 15 is 0 Å². The Balaban J connectivity index is 1.39. The lowest BCUT2D eigenvalue weighted by Gasteiger charge is -2.14. The predicted octanol–water partition coefficient (Wildman–Crippen LogP) is 6.55. The summed E-state index contributed by atoms with van der Waals surface area (Å²) in [6, 6.07) is 33.0. The summed E-state index contributed by atoms with van der Waals surface area (Å²) in [5.74, 6) is 0.425. The molecule has 1 amide bonds. The molecule has 0 radical (unpaired) electrons. The highest BCUT2D eigenvalue weighted by atomic mass is 16.5. The molecule has 4 aromatic carbocycles. The minimum Gasteiger partial charge on any atom is -0.506 e. The van der Waals surface area contributed by atoms with Crippen LogP contribution in [0.2, 0.25) is 0 Å². The van der Waals surface area contributed by atoms with Gasteiger partial charge in [-0.2, -0.15) is 0 Å². The van der Waals surface area contributed by atoms with Crippen LogP contribution >= 0.6 is 0 Å². The largest absolute Gasteiger partial charge is 0.506 e. The van der Waals surface area contributed by atoms with Crippen LogP contribution in [0, 0.1) is 0 Å². The first kappa shape index (κ1) is 24.1. The van der Waals surface area contributed by atoms with Crippen molar-refractivity contribution in [1.82, 2.24) is 10.3 Å². The van der Waals surface area contributed by atoms with Gasteiger partial charge >= 0.3 is 0 Å². The van der Waals surface area contributed by atoms with E-state index in [0.29, 0.717) is 30.0 Å². The van der Waals surface area contributed by atoms with Gasteiger partial charge in [-0.15, -0.1) is 0 Å². The van der Waals surface area contributed by atoms with E-state index in [-0.39, 0.29) is 11.7 Å². The van der Waals surface area contributed by atoms with Crippen LogP contribution in [-0.4, -0.2) is 22.5 Å². The molecule has 0 aliphatic carbocycles. The number of fused-ring (bicyclic) bond motifs is 1. The Bertz CT molecular complexity index is 1500. The number of hydrogen-bond donors (Lipinski definition) is 2. The van der Waals surface area contributed by atoms with Gasteiger partial charge in [-0.3, -0.25) is 9.78 Å². The molecule has 0 saturated carbocycles. The van der Waals surface area contributed by atoms with Crippen molar-refractivity contribution >= 4 is 16.8 Å². The van der Waals surface area contributed by atoms with E-state index in [0.717, 1.165) is 34.9 Å². The Kier molecular flexibility index (Phi) is 7.42. The van der Waals surface area contributed by atoms with Crippen LogP contribution in [0.4, 0.5) is 0 Å². The summed E-state index contributed by atoms with van der Waals surface area (Å²) in [4.78, 5) is 17.6. The molecule has 5 nitrogen and oxygen atoms in total. The van der Waals surface area contributed by atoms with Gasteiger partial charge in [0.05, 0.1) is 5.56 Å². The first-order chi connectivity index (χ1) is 18.2. The summed E-state index contributed by atoms with van der Waals surface area (Å²) in [7, 11) is 0. The molecule has 1 aromatic heterocycles. The SMILES string of the molecule is O=C(NCCCc1ccccc1)c1cc(-c2cc(O)c3ncccc3c2)ccc1OCc1ccccc1. The first-order valence-corrected chi connectivity index (χ1v) is 12.4. The fraction of sp³-hybridized carbons (Fsp3) is 0.125. The molecule has 0 bridgehead atoms. The predicted molar refractivity (Wildman–Crippen MR) is 147 cm³/mol. The Morgan fingerprint density at radius 1 is 0.811 bits per heavy atom. The van der Waals surface area contributed by atoms with Crippen LogP contribution < -0.4 is 10.1 Å². The lowest BCUT2D eigenvalue weighted by Crippen LogP contribution is -2.25. The van der Waals surface area contributed by atoms with Crippen LogP contribution in [0.5, 0.6) is 11.5 Å². The van der Waals surface area contributed by atoms with E-state index in [2.05, 4.69) is 22.4 Å². The summed E-state index contributed by atoms with van der Waals surface area (Å²) in [5, 5.41) is 14.4. The molecule has 37 heavy (non-hydrogen) atoms. The van der Waals surface area contributed by atoms with Crippen molar-refractivity contribution in [2.24, 2.45) is 0 Å². The van der Waals surface area contributed by atoms with E-state index in [1.165, 1.54) is 5.56 Å². The summed E-state index contributed by atoms with van der Waals surface area (Å²) >= 11 is 0. The van der Waals surface area contributed by atoms with Gasteiger partial charge < -0.3 is 15.2 Å². The number of ether oxygens (including phenoxy) is 1. The molecule has 0 saturated heterocycles. The highest BCUT2D eigenvalue weighted by Crippen LogP contribution is 2.33. The maximum atomic E-state index is 13.3. The maximum Gasteiger partial charge on any atom is 0.255 e. The van der Waals surface area contributed by atoms with Gasteiger partial charge in [0.15, 0.2) is 0 Å². The molecule has 5 rings (SSSR count). The second kappa shape index (κ2) is 11.4. The van der Waals surface area contributed by atoms with Crippen molar-refractivity contribution in [2.45, 2.75) is 19.4 Å². The number of phenols is 1. The molecule has 0 fully saturated rings. The second-order valence-corrected chi connectivity index (χ2v) is 8.90. The van der Waals surface area contributed by atoms with Crippen molar-refractivity contribution in [1.29, 1.82) is 0 Å². The Labute approximate surface area is 216 Å². The minimum absolute atomic E-state index is 0.101. The summed E-state index contributed by atoms with van der Waals surface area (Å²) in [6.07, 6.45) is 3.38. The average molecular weight is 489 g/mol. The summed E-state index contributed by atoms with van der Waals surface area (Å²) < 4.78 is 6.08. The van der Waals surface area contributed by atoms with Crippen molar-refractivity contribution < 1.29 is 14.6 Å². The van der Waals surface area contributed by atoms with Crippen molar-refractivity contribution in [3.8, 4) is 22.6 Å². The summed E-state index contributed by atoms with van der Waals surface area (Å²) in [6.45, 7) is 0.912. The maximum absolute atomic E-state index is 13.3. The average Bonchev–Trinajstić information content (AvgIpc) is 2.95. The van der Waals surface area contributed by atoms with Gasteiger partial charge in [0.25, 0.3) is 5.91 Å². The van der Waals surface area contributed by atoms with E-state index in [9.17, 15) is 9.90 Å². The van der Waals surface area contributed by atoms with Crippen molar-refractivity contribution in [2.75, 3.05) is 6.54 Å². The number of nitrogens with zero attached hydrogens (tertiary/aromatic N) is 1. The number of hydrogen-bond acceptors (Lipinski definition) is 4. The van der Waals surface area contributed by atoms with Gasteiger partial charge in [0.2, 0.25) is 0 Å². The van der Waals surface area contributed by atoms with Gasteiger partial charge in [0.1, 0.15) is 23.6 Å². The monoisotopic (exact) mass is 488 g/mol. The number of rotatable bonds is 9. The van der Waals surface area contributed by atoms with Crippen LogP contribution in [0.15, 0.2) is 109 Å².